The van der Waals surface area contributed by atoms with E-state index in [2.05, 4.69) is 4.90 Å². The summed E-state index contributed by atoms with van der Waals surface area (Å²) in [7, 11) is -1.95. The molecule has 0 saturated carbocycles. The molecule has 0 aliphatic carbocycles. The first-order valence-corrected chi connectivity index (χ1v) is 11.4. The van der Waals surface area contributed by atoms with Gasteiger partial charge in [0.2, 0.25) is 15.9 Å². The summed E-state index contributed by atoms with van der Waals surface area (Å²) in [5.41, 5.74) is 0.855. The Hall–Kier alpha value is -1.71. The van der Waals surface area contributed by atoms with Gasteiger partial charge in [0, 0.05) is 39.3 Å². The highest BCUT2D eigenvalue weighted by atomic mass is 32.2. The quantitative estimate of drug-likeness (QED) is 0.728. The third kappa shape index (κ3) is 4.82. The van der Waals surface area contributed by atoms with Crippen LogP contribution in [0.25, 0.3) is 0 Å². The van der Waals surface area contributed by atoms with E-state index in [1.165, 1.54) is 23.7 Å². The topological polar surface area (TPSA) is 70.2 Å². The molecular formula is C19H28FN3O4S. The van der Waals surface area contributed by atoms with Gasteiger partial charge in [-0.2, -0.15) is 4.31 Å². The van der Waals surface area contributed by atoms with Crippen molar-refractivity contribution in [3.8, 4) is 5.75 Å². The summed E-state index contributed by atoms with van der Waals surface area (Å²) in [6.45, 7) is 3.45. The number of benzene rings is 1. The molecule has 156 valence electrons. The van der Waals surface area contributed by atoms with Crippen LogP contribution in [-0.4, -0.2) is 80.6 Å². The number of carbonyl (C=O) groups excluding carboxylic acids is 1. The average molecular weight is 414 g/mol. The fourth-order valence-electron chi connectivity index (χ4n) is 3.95. The van der Waals surface area contributed by atoms with Gasteiger partial charge in [0.1, 0.15) is 6.04 Å². The number of methoxy groups -OCH3 is 1. The van der Waals surface area contributed by atoms with Gasteiger partial charge in [-0.05, 0) is 30.5 Å². The van der Waals surface area contributed by atoms with Crippen LogP contribution >= 0.6 is 0 Å². The Bertz CT molecular complexity index is 809. The zero-order valence-electron chi connectivity index (χ0n) is 16.4. The molecule has 2 fully saturated rings. The van der Waals surface area contributed by atoms with Crippen molar-refractivity contribution in [2.24, 2.45) is 0 Å². The summed E-state index contributed by atoms with van der Waals surface area (Å²) in [5, 5.41) is 0. The monoisotopic (exact) mass is 413 g/mol. The van der Waals surface area contributed by atoms with Gasteiger partial charge in [0.05, 0.1) is 13.4 Å². The number of hydrogen-bond acceptors (Lipinski definition) is 5. The number of rotatable bonds is 5. The Morgan fingerprint density at radius 2 is 1.89 bits per heavy atom. The van der Waals surface area contributed by atoms with E-state index in [-0.39, 0.29) is 17.5 Å². The molecular weight excluding hydrogens is 385 g/mol. The molecule has 3 rings (SSSR count). The van der Waals surface area contributed by atoms with Crippen molar-refractivity contribution in [1.29, 1.82) is 0 Å². The van der Waals surface area contributed by atoms with Gasteiger partial charge in [-0.15, -0.1) is 0 Å². The first-order valence-electron chi connectivity index (χ1n) is 9.60. The predicted octanol–water partition coefficient (Wildman–Crippen LogP) is 1.29. The summed E-state index contributed by atoms with van der Waals surface area (Å²) in [4.78, 5) is 16.9. The number of sulfonamides is 1. The first-order chi connectivity index (χ1) is 13.3. The molecule has 2 saturated heterocycles. The summed E-state index contributed by atoms with van der Waals surface area (Å²) in [5.74, 6) is -0.255. The van der Waals surface area contributed by atoms with Crippen LogP contribution in [0.1, 0.15) is 24.8 Å². The number of ether oxygens (including phenoxy) is 1. The number of piperazine rings is 1. The van der Waals surface area contributed by atoms with Crippen LogP contribution < -0.4 is 4.74 Å². The number of carbonyl (C=O) groups is 1. The lowest BCUT2D eigenvalue weighted by Crippen LogP contribution is -2.56. The summed E-state index contributed by atoms with van der Waals surface area (Å²) >= 11 is 0. The van der Waals surface area contributed by atoms with Crippen LogP contribution in [0.3, 0.4) is 0 Å². The molecule has 0 aromatic heterocycles. The maximum Gasteiger partial charge on any atom is 0.241 e. The second-order valence-corrected chi connectivity index (χ2v) is 9.39. The molecule has 7 nitrogen and oxygen atoms in total. The van der Waals surface area contributed by atoms with E-state index in [4.69, 9.17) is 4.74 Å². The maximum absolute atomic E-state index is 13.9. The Kier molecular flexibility index (Phi) is 6.57. The van der Waals surface area contributed by atoms with Crippen LogP contribution in [0, 0.1) is 5.82 Å². The van der Waals surface area contributed by atoms with Crippen LogP contribution in [-0.2, 0) is 21.4 Å². The summed E-state index contributed by atoms with van der Waals surface area (Å²) in [6.07, 6.45) is 3.41. The van der Waals surface area contributed by atoms with Gasteiger partial charge < -0.3 is 9.64 Å². The minimum absolute atomic E-state index is 0.0970. The third-order valence-electron chi connectivity index (χ3n) is 5.47. The van der Waals surface area contributed by atoms with E-state index in [1.807, 2.05) is 6.07 Å². The Morgan fingerprint density at radius 3 is 2.50 bits per heavy atom. The molecule has 0 spiro atoms. The van der Waals surface area contributed by atoms with E-state index in [0.717, 1.165) is 18.4 Å². The molecule has 1 amide bonds. The van der Waals surface area contributed by atoms with Crippen LogP contribution in [0.2, 0.25) is 0 Å². The minimum atomic E-state index is -3.39. The smallest absolute Gasteiger partial charge is 0.241 e. The van der Waals surface area contributed by atoms with E-state index >= 15 is 0 Å². The number of nitrogens with zero attached hydrogens (tertiary/aromatic N) is 3. The van der Waals surface area contributed by atoms with Gasteiger partial charge >= 0.3 is 0 Å². The molecule has 0 N–H and O–H groups in total. The SMILES string of the molecule is COc1ccc(CN2CCN(C(=O)[C@H]3CCCCN3S(C)(=O)=O)CC2)cc1F. The largest absolute Gasteiger partial charge is 0.494 e. The van der Waals surface area contributed by atoms with E-state index in [9.17, 15) is 17.6 Å². The Labute approximate surface area is 166 Å². The highest BCUT2D eigenvalue weighted by molar-refractivity contribution is 7.88. The van der Waals surface area contributed by atoms with Gasteiger partial charge in [-0.3, -0.25) is 9.69 Å². The molecule has 0 unspecified atom stereocenters. The van der Waals surface area contributed by atoms with Crippen LogP contribution in [0.5, 0.6) is 5.75 Å². The van der Waals surface area contributed by atoms with E-state index < -0.39 is 16.1 Å². The molecule has 1 aromatic rings. The summed E-state index contributed by atoms with van der Waals surface area (Å²) < 4.78 is 44.2. The normalized spacial score (nSPS) is 22.2. The molecule has 0 radical (unpaired) electrons. The van der Waals surface area contributed by atoms with Crippen molar-refractivity contribution in [3.05, 3.63) is 29.6 Å². The van der Waals surface area contributed by atoms with Gasteiger partial charge in [-0.25, -0.2) is 12.8 Å². The second kappa shape index (κ2) is 8.75. The highest BCUT2D eigenvalue weighted by Crippen LogP contribution is 2.23. The van der Waals surface area contributed by atoms with Crippen molar-refractivity contribution < 1.29 is 22.3 Å². The number of piperidine rings is 1. The summed E-state index contributed by atoms with van der Waals surface area (Å²) in [6, 6.07) is 4.35. The number of halogens is 1. The van der Waals surface area contributed by atoms with Gasteiger partial charge in [-0.1, -0.05) is 12.5 Å². The fraction of sp³-hybridized carbons (Fsp3) is 0.632. The molecule has 1 atom stereocenters. The van der Waals surface area contributed by atoms with Gasteiger partial charge in [0.25, 0.3) is 0 Å². The third-order valence-corrected chi connectivity index (χ3v) is 6.76. The van der Waals surface area contributed by atoms with E-state index in [0.29, 0.717) is 45.7 Å². The van der Waals surface area contributed by atoms with Crippen molar-refractivity contribution in [1.82, 2.24) is 14.1 Å². The average Bonchev–Trinajstić information content (AvgIpc) is 2.67. The molecule has 2 aliphatic heterocycles. The predicted molar refractivity (Wildman–Crippen MR) is 104 cm³/mol. The standard InChI is InChI=1S/C19H28FN3O4S/c1-27-18-7-6-15(13-16(18)20)14-21-9-11-22(12-10-21)19(24)17-5-3-4-8-23(17)28(2,25)26/h6-7,13,17H,3-5,8-12,14H2,1-2H3/t17-/m1/s1. The lowest BCUT2D eigenvalue weighted by atomic mass is 10.0. The lowest BCUT2D eigenvalue weighted by molar-refractivity contribution is -0.138. The van der Waals surface area contributed by atoms with E-state index in [1.54, 1.807) is 11.0 Å². The Balaban J connectivity index is 1.57. The molecule has 28 heavy (non-hydrogen) atoms. The second-order valence-electron chi connectivity index (χ2n) is 7.46. The highest BCUT2D eigenvalue weighted by Gasteiger charge is 2.37. The Morgan fingerprint density at radius 1 is 1.18 bits per heavy atom. The number of amides is 1. The van der Waals surface area contributed by atoms with Crippen molar-refractivity contribution in [2.45, 2.75) is 31.8 Å². The van der Waals surface area contributed by atoms with Crippen molar-refractivity contribution in [3.63, 3.8) is 0 Å². The maximum atomic E-state index is 13.9. The molecule has 2 heterocycles. The van der Waals surface area contributed by atoms with Gasteiger partial charge in [0.15, 0.2) is 11.6 Å². The molecule has 9 heteroatoms. The van der Waals surface area contributed by atoms with Crippen molar-refractivity contribution >= 4 is 15.9 Å². The molecule has 1 aromatic carbocycles. The van der Waals surface area contributed by atoms with Crippen LogP contribution in [0.4, 0.5) is 4.39 Å². The van der Waals surface area contributed by atoms with Crippen LogP contribution in [0.15, 0.2) is 18.2 Å². The molecule has 2 aliphatic rings. The van der Waals surface area contributed by atoms with Crippen molar-refractivity contribution in [2.75, 3.05) is 46.1 Å². The fourth-order valence-corrected chi connectivity index (χ4v) is 5.07. The lowest BCUT2D eigenvalue weighted by Gasteiger charge is -2.40. The zero-order valence-corrected chi connectivity index (χ0v) is 17.3. The molecule has 0 bridgehead atoms. The zero-order chi connectivity index (χ0) is 20.3. The minimum Gasteiger partial charge on any atom is -0.494 e. The first kappa shape index (κ1) is 21.0. The number of hydrogen-bond donors (Lipinski definition) is 0.